The molecule has 0 aliphatic heterocycles. The van der Waals surface area contributed by atoms with Gasteiger partial charge in [0.2, 0.25) is 5.28 Å². The highest BCUT2D eigenvalue weighted by Crippen LogP contribution is 2.30. The molecular weight excluding hydrogens is 522 g/mol. The van der Waals surface area contributed by atoms with Crippen LogP contribution in [0.1, 0.15) is 0 Å². The first-order chi connectivity index (χ1) is 20.2. The molecule has 7 aromatic rings. The van der Waals surface area contributed by atoms with Gasteiger partial charge in [-0.2, -0.15) is 9.97 Å². The Balaban J connectivity index is 1.16. The van der Waals surface area contributed by atoms with Gasteiger partial charge in [-0.05, 0) is 67.9 Å². The van der Waals surface area contributed by atoms with Crippen LogP contribution >= 0.6 is 11.6 Å². The largest absolute Gasteiger partial charge is 0.226 e. The van der Waals surface area contributed by atoms with Crippen molar-refractivity contribution in [3.05, 3.63) is 151 Å². The Labute approximate surface area is 243 Å². The van der Waals surface area contributed by atoms with Crippen molar-refractivity contribution in [2.24, 2.45) is 0 Å². The highest BCUT2D eigenvalue weighted by molar-refractivity contribution is 6.28. The number of aromatic nitrogens is 3. The summed E-state index contributed by atoms with van der Waals surface area (Å²) in [5, 5.41) is 2.44. The first-order valence-electron chi connectivity index (χ1n) is 13.5. The van der Waals surface area contributed by atoms with Crippen molar-refractivity contribution in [3.63, 3.8) is 0 Å². The van der Waals surface area contributed by atoms with Crippen LogP contribution in [0.3, 0.4) is 0 Å². The van der Waals surface area contributed by atoms with Crippen molar-refractivity contribution in [1.29, 1.82) is 0 Å². The van der Waals surface area contributed by atoms with Gasteiger partial charge in [-0.1, -0.05) is 133 Å². The minimum Gasteiger partial charge on any atom is -0.208 e. The number of nitrogens with zero attached hydrogens (tertiary/aromatic N) is 3. The van der Waals surface area contributed by atoms with Crippen molar-refractivity contribution in [1.82, 2.24) is 15.0 Å². The molecule has 4 heteroatoms. The standard InChI is InChI=1S/C37H24ClN3/c38-37-40-35(30-17-15-29(16-18-30)28-13-11-27(12-14-28)25-7-3-1-4-8-25)39-36(41-37)34-22-21-32-23-31(19-20-33(32)24-34)26-9-5-2-6-10-26/h1-24H. The maximum Gasteiger partial charge on any atom is 0.226 e. The number of benzene rings is 6. The summed E-state index contributed by atoms with van der Waals surface area (Å²) in [6, 6.07) is 50.4. The van der Waals surface area contributed by atoms with Crippen LogP contribution in [0.25, 0.3) is 66.9 Å². The lowest BCUT2D eigenvalue weighted by atomic mass is 9.99. The van der Waals surface area contributed by atoms with E-state index >= 15 is 0 Å². The zero-order valence-electron chi connectivity index (χ0n) is 22.1. The predicted octanol–water partition coefficient (Wildman–Crippen LogP) is 10.0. The number of hydrogen-bond donors (Lipinski definition) is 0. The molecule has 0 atom stereocenters. The van der Waals surface area contributed by atoms with E-state index in [1.165, 1.54) is 22.3 Å². The molecular formula is C37H24ClN3. The molecule has 0 amide bonds. The zero-order valence-corrected chi connectivity index (χ0v) is 22.8. The van der Waals surface area contributed by atoms with Gasteiger partial charge in [-0.15, -0.1) is 0 Å². The third-order valence-electron chi connectivity index (χ3n) is 7.28. The van der Waals surface area contributed by atoms with E-state index in [1.807, 2.05) is 30.3 Å². The molecule has 0 N–H and O–H groups in total. The van der Waals surface area contributed by atoms with Crippen molar-refractivity contribution < 1.29 is 0 Å². The van der Waals surface area contributed by atoms with Gasteiger partial charge in [0.15, 0.2) is 11.6 Å². The first-order valence-corrected chi connectivity index (χ1v) is 13.8. The van der Waals surface area contributed by atoms with E-state index in [-0.39, 0.29) is 5.28 Å². The number of fused-ring (bicyclic) bond motifs is 1. The summed E-state index contributed by atoms with van der Waals surface area (Å²) in [6.45, 7) is 0. The second-order valence-corrected chi connectivity index (χ2v) is 10.3. The summed E-state index contributed by atoms with van der Waals surface area (Å²) in [6.07, 6.45) is 0. The Kier molecular flexibility index (Phi) is 6.56. The average Bonchev–Trinajstić information content (AvgIpc) is 3.05. The fourth-order valence-corrected chi connectivity index (χ4v) is 5.26. The van der Waals surface area contributed by atoms with Crippen LogP contribution in [0.15, 0.2) is 146 Å². The van der Waals surface area contributed by atoms with Crippen molar-refractivity contribution >= 4 is 22.4 Å². The van der Waals surface area contributed by atoms with Gasteiger partial charge in [-0.3, -0.25) is 0 Å². The maximum atomic E-state index is 6.39. The molecule has 3 nitrogen and oxygen atoms in total. The summed E-state index contributed by atoms with van der Waals surface area (Å²) in [5.41, 5.74) is 8.84. The smallest absolute Gasteiger partial charge is 0.208 e. The molecule has 0 aliphatic carbocycles. The Morgan fingerprint density at radius 3 is 1.22 bits per heavy atom. The molecule has 0 radical (unpaired) electrons. The van der Waals surface area contributed by atoms with E-state index in [1.54, 1.807) is 0 Å². The number of hydrogen-bond acceptors (Lipinski definition) is 3. The van der Waals surface area contributed by atoms with Gasteiger partial charge in [0, 0.05) is 11.1 Å². The lowest BCUT2D eigenvalue weighted by Crippen LogP contribution is -1.97. The van der Waals surface area contributed by atoms with Crippen molar-refractivity contribution in [2.45, 2.75) is 0 Å². The van der Waals surface area contributed by atoms with Gasteiger partial charge in [0.1, 0.15) is 0 Å². The SMILES string of the molecule is Clc1nc(-c2ccc(-c3ccc(-c4ccccc4)cc3)cc2)nc(-c2ccc3cc(-c4ccccc4)ccc3c2)n1. The summed E-state index contributed by atoms with van der Waals surface area (Å²) in [5.74, 6) is 1.10. The van der Waals surface area contributed by atoms with Crippen LogP contribution in [0.5, 0.6) is 0 Å². The van der Waals surface area contributed by atoms with Crippen molar-refractivity contribution in [2.75, 3.05) is 0 Å². The van der Waals surface area contributed by atoms with Gasteiger partial charge < -0.3 is 0 Å². The second-order valence-electron chi connectivity index (χ2n) is 9.92. The van der Waals surface area contributed by atoms with Crippen LogP contribution < -0.4 is 0 Å². The molecule has 0 fully saturated rings. The number of halogens is 1. The van der Waals surface area contributed by atoms with E-state index in [2.05, 4.69) is 125 Å². The Morgan fingerprint density at radius 2 is 0.683 bits per heavy atom. The maximum absolute atomic E-state index is 6.39. The molecule has 0 unspecified atom stereocenters. The van der Waals surface area contributed by atoms with E-state index in [0.717, 1.165) is 33.0 Å². The molecule has 0 bridgehead atoms. The van der Waals surface area contributed by atoms with E-state index in [9.17, 15) is 0 Å². The van der Waals surface area contributed by atoms with Crippen LogP contribution in [-0.4, -0.2) is 15.0 Å². The lowest BCUT2D eigenvalue weighted by molar-refractivity contribution is 1.07. The molecule has 194 valence electrons. The van der Waals surface area contributed by atoms with Crippen LogP contribution in [-0.2, 0) is 0 Å². The van der Waals surface area contributed by atoms with Gasteiger partial charge >= 0.3 is 0 Å². The monoisotopic (exact) mass is 545 g/mol. The molecule has 0 saturated heterocycles. The van der Waals surface area contributed by atoms with E-state index < -0.39 is 0 Å². The summed E-state index contributed by atoms with van der Waals surface area (Å²) < 4.78 is 0. The van der Waals surface area contributed by atoms with Crippen LogP contribution in [0, 0.1) is 0 Å². The molecule has 1 aromatic heterocycles. The minimum absolute atomic E-state index is 0.171. The molecule has 6 aromatic carbocycles. The van der Waals surface area contributed by atoms with E-state index in [0.29, 0.717) is 11.6 Å². The highest BCUT2D eigenvalue weighted by atomic mass is 35.5. The summed E-state index contributed by atoms with van der Waals surface area (Å²) in [7, 11) is 0. The van der Waals surface area contributed by atoms with Gasteiger partial charge in [0.25, 0.3) is 0 Å². The minimum atomic E-state index is 0.171. The van der Waals surface area contributed by atoms with Gasteiger partial charge in [0.05, 0.1) is 0 Å². The fourth-order valence-electron chi connectivity index (χ4n) is 5.10. The molecule has 0 saturated carbocycles. The molecule has 0 aliphatic rings. The summed E-state index contributed by atoms with van der Waals surface area (Å²) in [4.78, 5) is 13.7. The van der Waals surface area contributed by atoms with E-state index in [4.69, 9.17) is 16.6 Å². The third kappa shape index (κ3) is 5.23. The molecule has 0 spiro atoms. The number of rotatable bonds is 5. The van der Waals surface area contributed by atoms with Crippen LogP contribution in [0.2, 0.25) is 5.28 Å². The highest BCUT2D eigenvalue weighted by Gasteiger charge is 2.11. The molecule has 1 heterocycles. The Hall–Kier alpha value is -5.12. The molecule has 7 rings (SSSR count). The normalized spacial score (nSPS) is 11.0. The predicted molar refractivity (Wildman–Crippen MR) is 170 cm³/mol. The first kappa shape index (κ1) is 24.9. The van der Waals surface area contributed by atoms with Crippen LogP contribution in [0.4, 0.5) is 0 Å². The topological polar surface area (TPSA) is 38.7 Å². The quantitative estimate of drug-likeness (QED) is 0.216. The Morgan fingerprint density at radius 1 is 0.317 bits per heavy atom. The molecule has 41 heavy (non-hydrogen) atoms. The second kappa shape index (κ2) is 10.8. The third-order valence-corrected chi connectivity index (χ3v) is 7.45. The van der Waals surface area contributed by atoms with Gasteiger partial charge in [-0.25, -0.2) is 4.98 Å². The summed E-state index contributed by atoms with van der Waals surface area (Å²) >= 11 is 6.39. The zero-order chi connectivity index (χ0) is 27.6. The fraction of sp³-hybridized carbons (Fsp3) is 0. The van der Waals surface area contributed by atoms with Crippen molar-refractivity contribution in [3.8, 4) is 56.2 Å². The Bertz CT molecular complexity index is 1970. The lowest BCUT2D eigenvalue weighted by Gasteiger charge is -2.09. The average molecular weight is 546 g/mol.